The maximum Gasteiger partial charge on any atom is 0.253 e. The van der Waals surface area contributed by atoms with Crippen molar-refractivity contribution in [3.8, 4) is 0 Å². The summed E-state index contributed by atoms with van der Waals surface area (Å²) >= 11 is 1.37. The number of carbonyl (C=O) groups is 1. The first-order valence-corrected chi connectivity index (χ1v) is 12.1. The zero-order valence-electron chi connectivity index (χ0n) is 19.1. The van der Waals surface area contributed by atoms with Gasteiger partial charge in [-0.3, -0.25) is 4.79 Å². The van der Waals surface area contributed by atoms with Gasteiger partial charge in [0, 0.05) is 19.9 Å². The van der Waals surface area contributed by atoms with E-state index < -0.39 is 0 Å². The topological polar surface area (TPSA) is 76.5 Å². The van der Waals surface area contributed by atoms with Gasteiger partial charge in [-0.15, -0.1) is 10.2 Å². The van der Waals surface area contributed by atoms with E-state index >= 15 is 0 Å². The van der Waals surface area contributed by atoms with Crippen LogP contribution in [0.25, 0.3) is 0 Å². The number of carbonyl (C=O) groups excluding carboxylic acids is 1. The van der Waals surface area contributed by atoms with Crippen molar-refractivity contribution in [1.82, 2.24) is 19.8 Å². The number of hydrogen-bond acceptors (Lipinski definition) is 6. The van der Waals surface area contributed by atoms with E-state index in [9.17, 15) is 4.79 Å². The summed E-state index contributed by atoms with van der Waals surface area (Å²) in [5.41, 5.74) is 4.25. The fourth-order valence-corrected chi connectivity index (χ4v) is 4.74. The highest BCUT2D eigenvalue weighted by Crippen LogP contribution is 2.34. The number of rotatable bonds is 7. The standard InChI is InChI=1S/C26H25N5O2S/c1-18-10-12-20(13-11-18)21-16-22(23-9-6-14-33-23)31(29-21)25(32)17-34-26-28-27-24(30(26)2)15-19-7-4-3-5-8-19/h3-14,22H,15-17H2,1-2H3/t22-/m1/s1. The molecule has 0 fully saturated rings. The highest BCUT2D eigenvalue weighted by molar-refractivity contribution is 7.99. The molecule has 1 atom stereocenters. The summed E-state index contributed by atoms with van der Waals surface area (Å²) in [6.45, 7) is 2.05. The van der Waals surface area contributed by atoms with Crippen LogP contribution in [0.2, 0.25) is 0 Å². The largest absolute Gasteiger partial charge is 0.467 e. The van der Waals surface area contributed by atoms with Crippen LogP contribution in [0.1, 0.15) is 40.7 Å². The normalized spacial score (nSPS) is 15.5. The van der Waals surface area contributed by atoms with Crippen molar-refractivity contribution >= 4 is 23.4 Å². The number of aryl methyl sites for hydroxylation is 1. The second-order valence-electron chi connectivity index (χ2n) is 8.30. The summed E-state index contributed by atoms with van der Waals surface area (Å²) in [7, 11) is 1.93. The van der Waals surface area contributed by atoms with Gasteiger partial charge in [-0.05, 0) is 30.2 Å². The summed E-state index contributed by atoms with van der Waals surface area (Å²) in [4.78, 5) is 13.3. The first-order valence-electron chi connectivity index (χ1n) is 11.1. The Morgan fingerprint density at radius 2 is 1.85 bits per heavy atom. The minimum absolute atomic E-state index is 0.0962. The van der Waals surface area contributed by atoms with Crippen LogP contribution in [0.3, 0.4) is 0 Å². The Morgan fingerprint density at radius 3 is 2.59 bits per heavy atom. The van der Waals surface area contributed by atoms with E-state index in [0.29, 0.717) is 18.0 Å². The zero-order valence-corrected chi connectivity index (χ0v) is 19.9. The number of thioether (sulfide) groups is 1. The maximum absolute atomic E-state index is 13.3. The highest BCUT2D eigenvalue weighted by Gasteiger charge is 2.35. The quantitative estimate of drug-likeness (QED) is 0.363. The molecule has 1 aliphatic heterocycles. The summed E-state index contributed by atoms with van der Waals surface area (Å²) < 4.78 is 7.59. The lowest BCUT2D eigenvalue weighted by molar-refractivity contribution is -0.130. The summed E-state index contributed by atoms with van der Waals surface area (Å²) in [6, 6.07) is 21.8. The van der Waals surface area contributed by atoms with Crippen LogP contribution in [0, 0.1) is 6.92 Å². The SMILES string of the molecule is Cc1ccc(C2=NN(C(=O)CSc3nnc(Cc4ccccc4)n3C)[C@@H](c3ccco3)C2)cc1. The first-order chi connectivity index (χ1) is 16.6. The second kappa shape index (κ2) is 9.69. The van der Waals surface area contributed by atoms with Crippen LogP contribution in [0.15, 0.2) is 87.7 Å². The molecule has 0 saturated heterocycles. The van der Waals surface area contributed by atoms with Crippen molar-refractivity contribution in [1.29, 1.82) is 0 Å². The van der Waals surface area contributed by atoms with Gasteiger partial charge >= 0.3 is 0 Å². The number of benzene rings is 2. The predicted octanol–water partition coefficient (Wildman–Crippen LogP) is 4.78. The third kappa shape index (κ3) is 4.68. The molecule has 0 N–H and O–H groups in total. The van der Waals surface area contributed by atoms with Gasteiger partial charge < -0.3 is 8.98 Å². The molecule has 8 heteroatoms. The molecule has 0 aliphatic carbocycles. The van der Waals surface area contributed by atoms with Crippen molar-refractivity contribution in [2.24, 2.45) is 12.1 Å². The Hall–Kier alpha value is -3.65. The fraction of sp³-hybridized carbons (Fsp3) is 0.231. The lowest BCUT2D eigenvalue weighted by atomic mass is 10.0. The van der Waals surface area contributed by atoms with Crippen LogP contribution >= 0.6 is 11.8 Å². The van der Waals surface area contributed by atoms with Crippen LogP contribution in [-0.2, 0) is 18.3 Å². The van der Waals surface area contributed by atoms with Crippen LogP contribution < -0.4 is 0 Å². The Balaban J connectivity index is 1.31. The minimum Gasteiger partial charge on any atom is -0.467 e. The molecule has 0 bridgehead atoms. The van der Waals surface area contributed by atoms with Gasteiger partial charge in [-0.1, -0.05) is 71.9 Å². The zero-order chi connectivity index (χ0) is 23.5. The summed E-state index contributed by atoms with van der Waals surface area (Å²) in [5, 5.41) is 15.6. The molecule has 0 unspecified atom stereocenters. The number of furan rings is 1. The molecular weight excluding hydrogens is 446 g/mol. The third-order valence-corrected chi connectivity index (χ3v) is 6.88. The Labute approximate surface area is 202 Å². The molecule has 34 heavy (non-hydrogen) atoms. The number of nitrogens with zero attached hydrogens (tertiary/aromatic N) is 5. The van der Waals surface area contributed by atoms with Gasteiger partial charge in [0.1, 0.15) is 17.6 Å². The molecule has 172 valence electrons. The van der Waals surface area contributed by atoms with Crippen LogP contribution in [0.5, 0.6) is 0 Å². The number of amides is 1. The van der Waals surface area contributed by atoms with Crippen LogP contribution in [0.4, 0.5) is 0 Å². The van der Waals surface area contributed by atoms with E-state index in [4.69, 9.17) is 9.52 Å². The van der Waals surface area contributed by atoms with Gasteiger partial charge in [-0.2, -0.15) is 5.10 Å². The van der Waals surface area contributed by atoms with E-state index in [0.717, 1.165) is 22.9 Å². The van der Waals surface area contributed by atoms with Crippen molar-refractivity contribution in [3.63, 3.8) is 0 Å². The Bertz CT molecular complexity index is 1300. The molecule has 1 aliphatic rings. The first kappa shape index (κ1) is 22.2. The minimum atomic E-state index is -0.257. The van der Waals surface area contributed by atoms with Gasteiger partial charge in [0.25, 0.3) is 5.91 Å². The lowest BCUT2D eigenvalue weighted by Crippen LogP contribution is -2.28. The van der Waals surface area contributed by atoms with E-state index in [2.05, 4.69) is 41.4 Å². The van der Waals surface area contributed by atoms with E-state index in [1.807, 2.05) is 54.1 Å². The highest BCUT2D eigenvalue weighted by atomic mass is 32.2. The summed E-state index contributed by atoms with van der Waals surface area (Å²) in [6.07, 6.45) is 2.93. The number of hydrazone groups is 1. The summed E-state index contributed by atoms with van der Waals surface area (Å²) in [5.74, 6) is 1.70. The number of hydrogen-bond donors (Lipinski definition) is 0. The third-order valence-electron chi connectivity index (χ3n) is 5.88. The van der Waals surface area contributed by atoms with Crippen molar-refractivity contribution < 1.29 is 9.21 Å². The molecule has 0 radical (unpaired) electrons. The van der Waals surface area contributed by atoms with E-state index in [1.165, 1.54) is 22.9 Å². The molecule has 2 aromatic heterocycles. The molecular formula is C26H25N5O2S. The van der Waals surface area contributed by atoms with Crippen LogP contribution in [-0.4, -0.2) is 37.1 Å². The lowest BCUT2D eigenvalue weighted by Gasteiger charge is -2.19. The maximum atomic E-state index is 13.3. The van der Waals surface area contributed by atoms with Gasteiger partial charge in [-0.25, -0.2) is 5.01 Å². The van der Waals surface area contributed by atoms with Gasteiger partial charge in [0.2, 0.25) is 0 Å². The Kier molecular flexibility index (Phi) is 6.31. The second-order valence-corrected chi connectivity index (χ2v) is 9.24. The monoisotopic (exact) mass is 471 g/mol. The van der Waals surface area contributed by atoms with Gasteiger partial charge in [0.05, 0.1) is 17.7 Å². The molecule has 4 aromatic rings. The Morgan fingerprint density at radius 1 is 1.06 bits per heavy atom. The molecule has 3 heterocycles. The van der Waals surface area contributed by atoms with E-state index in [-0.39, 0.29) is 17.7 Å². The predicted molar refractivity (Wildman–Crippen MR) is 132 cm³/mol. The van der Waals surface area contributed by atoms with Crippen molar-refractivity contribution in [2.75, 3.05) is 5.75 Å². The fourth-order valence-electron chi connectivity index (χ4n) is 3.96. The average Bonchev–Trinajstić information content (AvgIpc) is 3.60. The van der Waals surface area contributed by atoms with Gasteiger partial charge in [0.15, 0.2) is 5.16 Å². The smallest absolute Gasteiger partial charge is 0.253 e. The van der Waals surface area contributed by atoms with Crippen molar-refractivity contribution in [2.45, 2.75) is 31.0 Å². The molecule has 0 spiro atoms. The average molecular weight is 472 g/mol. The molecule has 1 amide bonds. The van der Waals surface area contributed by atoms with E-state index in [1.54, 1.807) is 11.3 Å². The molecule has 2 aromatic carbocycles. The van der Waals surface area contributed by atoms with Crippen molar-refractivity contribution in [3.05, 3.63) is 101 Å². The molecule has 7 nitrogen and oxygen atoms in total. The number of aromatic nitrogens is 3. The molecule has 0 saturated carbocycles. The molecule has 5 rings (SSSR count).